The molecule has 0 saturated heterocycles. The van der Waals surface area contributed by atoms with Crippen molar-refractivity contribution in [2.75, 3.05) is 5.33 Å². The van der Waals surface area contributed by atoms with Crippen molar-refractivity contribution in [1.29, 1.82) is 0 Å². The standard InChI is InChI=1S/C12H17BrFNO2S/c1-8-6-11(14)7-9(2)12(8)18(16,17)15-10(3)4-5-13/h6-7,10,15H,4-5H2,1-3H3. The largest absolute Gasteiger partial charge is 0.241 e. The van der Waals surface area contributed by atoms with E-state index in [9.17, 15) is 12.8 Å². The van der Waals surface area contributed by atoms with Gasteiger partial charge in [0.05, 0.1) is 4.90 Å². The summed E-state index contributed by atoms with van der Waals surface area (Å²) in [6.45, 7) is 4.99. The number of aryl methyl sites for hydroxylation is 2. The van der Waals surface area contributed by atoms with Gasteiger partial charge in [0.2, 0.25) is 10.0 Å². The molecule has 0 heterocycles. The van der Waals surface area contributed by atoms with Crippen molar-refractivity contribution in [2.45, 2.75) is 38.1 Å². The Balaban J connectivity index is 3.13. The average Bonchev–Trinajstić information content (AvgIpc) is 2.13. The second-order valence-corrected chi connectivity index (χ2v) is 6.81. The molecule has 0 aliphatic rings. The first kappa shape index (κ1) is 15.6. The van der Waals surface area contributed by atoms with Crippen molar-refractivity contribution in [2.24, 2.45) is 0 Å². The maximum Gasteiger partial charge on any atom is 0.241 e. The second-order valence-electron chi connectivity index (χ2n) is 4.37. The molecule has 1 unspecified atom stereocenters. The highest BCUT2D eigenvalue weighted by Gasteiger charge is 2.22. The number of hydrogen-bond donors (Lipinski definition) is 1. The molecule has 0 aromatic heterocycles. The van der Waals surface area contributed by atoms with Gasteiger partial charge < -0.3 is 0 Å². The fourth-order valence-electron chi connectivity index (χ4n) is 1.87. The van der Waals surface area contributed by atoms with E-state index in [1.807, 2.05) is 0 Å². The highest BCUT2D eigenvalue weighted by molar-refractivity contribution is 9.09. The van der Waals surface area contributed by atoms with Crippen molar-refractivity contribution in [1.82, 2.24) is 4.72 Å². The van der Waals surface area contributed by atoms with Crippen LogP contribution in [0.5, 0.6) is 0 Å². The minimum atomic E-state index is -3.60. The van der Waals surface area contributed by atoms with E-state index < -0.39 is 15.8 Å². The van der Waals surface area contributed by atoms with Crippen LogP contribution in [0, 0.1) is 19.7 Å². The topological polar surface area (TPSA) is 46.2 Å². The Morgan fingerprint density at radius 2 is 1.83 bits per heavy atom. The average molecular weight is 338 g/mol. The van der Waals surface area contributed by atoms with E-state index in [0.29, 0.717) is 17.5 Å². The van der Waals surface area contributed by atoms with Gasteiger partial charge in [0.1, 0.15) is 5.82 Å². The van der Waals surface area contributed by atoms with Crippen molar-refractivity contribution in [3.8, 4) is 0 Å². The number of nitrogens with one attached hydrogen (secondary N) is 1. The molecule has 0 aliphatic heterocycles. The lowest BCUT2D eigenvalue weighted by atomic mass is 10.1. The maximum absolute atomic E-state index is 13.2. The third kappa shape index (κ3) is 3.76. The quantitative estimate of drug-likeness (QED) is 0.839. The van der Waals surface area contributed by atoms with E-state index in [4.69, 9.17) is 0 Å². The van der Waals surface area contributed by atoms with Gasteiger partial charge in [0.25, 0.3) is 0 Å². The van der Waals surface area contributed by atoms with Gasteiger partial charge in [-0.3, -0.25) is 0 Å². The smallest absolute Gasteiger partial charge is 0.208 e. The van der Waals surface area contributed by atoms with Gasteiger partial charge in [-0.1, -0.05) is 15.9 Å². The summed E-state index contributed by atoms with van der Waals surface area (Å²) in [4.78, 5) is 0.172. The van der Waals surface area contributed by atoms with Gasteiger partial charge >= 0.3 is 0 Å². The van der Waals surface area contributed by atoms with Crippen LogP contribution in [0.3, 0.4) is 0 Å². The predicted molar refractivity (Wildman–Crippen MR) is 74.1 cm³/mol. The SMILES string of the molecule is Cc1cc(F)cc(C)c1S(=O)(=O)NC(C)CCBr. The first-order chi connectivity index (χ1) is 8.27. The van der Waals surface area contributed by atoms with Crippen LogP contribution in [0.4, 0.5) is 4.39 Å². The van der Waals surface area contributed by atoms with E-state index >= 15 is 0 Å². The summed E-state index contributed by atoms with van der Waals surface area (Å²) in [5.74, 6) is -0.419. The summed E-state index contributed by atoms with van der Waals surface area (Å²) < 4.78 is 40.2. The van der Waals surface area contributed by atoms with Crippen LogP contribution < -0.4 is 4.72 Å². The molecule has 1 atom stereocenters. The molecule has 1 N–H and O–H groups in total. The summed E-state index contributed by atoms with van der Waals surface area (Å²) in [7, 11) is -3.60. The lowest BCUT2D eigenvalue weighted by Gasteiger charge is -2.16. The van der Waals surface area contributed by atoms with Gasteiger partial charge in [0, 0.05) is 11.4 Å². The van der Waals surface area contributed by atoms with Crippen LogP contribution in [-0.2, 0) is 10.0 Å². The third-order valence-electron chi connectivity index (χ3n) is 2.59. The van der Waals surface area contributed by atoms with E-state index in [0.717, 1.165) is 5.33 Å². The second kappa shape index (κ2) is 6.12. The molecule has 0 amide bonds. The molecule has 102 valence electrons. The number of alkyl halides is 1. The van der Waals surface area contributed by atoms with Crippen molar-refractivity contribution < 1.29 is 12.8 Å². The van der Waals surface area contributed by atoms with E-state index in [1.54, 1.807) is 20.8 Å². The molecule has 0 fully saturated rings. The van der Waals surface area contributed by atoms with Crippen LogP contribution in [0.15, 0.2) is 17.0 Å². The Hall–Kier alpha value is -0.460. The Labute approximate surface area is 116 Å². The zero-order valence-electron chi connectivity index (χ0n) is 10.6. The van der Waals surface area contributed by atoms with Crippen molar-refractivity contribution >= 4 is 26.0 Å². The minimum absolute atomic E-state index is 0.168. The summed E-state index contributed by atoms with van der Waals surface area (Å²) in [5.41, 5.74) is 0.845. The number of rotatable bonds is 5. The highest BCUT2D eigenvalue weighted by Crippen LogP contribution is 2.21. The van der Waals surface area contributed by atoms with Crippen LogP contribution >= 0.6 is 15.9 Å². The summed E-state index contributed by atoms with van der Waals surface area (Å²) in [6, 6.07) is 2.30. The number of sulfonamides is 1. The van der Waals surface area contributed by atoms with Crippen LogP contribution in [0.1, 0.15) is 24.5 Å². The van der Waals surface area contributed by atoms with Crippen LogP contribution in [-0.4, -0.2) is 19.8 Å². The predicted octanol–water partition coefficient (Wildman–Crippen LogP) is 2.89. The summed E-state index contributed by atoms with van der Waals surface area (Å²) >= 11 is 3.27. The van der Waals surface area contributed by atoms with Gasteiger partial charge in [-0.05, 0) is 50.5 Å². The zero-order valence-corrected chi connectivity index (χ0v) is 13.0. The lowest BCUT2D eigenvalue weighted by molar-refractivity contribution is 0.555. The molecule has 6 heteroatoms. The Morgan fingerprint density at radius 3 is 2.28 bits per heavy atom. The fraction of sp³-hybridized carbons (Fsp3) is 0.500. The van der Waals surface area contributed by atoms with E-state index in [2.05, 4.69) is 20.7 Å². The first-order valence-corrected chi connectivity index (χ1v) is 8.23. The van der Waals surface area contributed by atoms with Crippen LogP contribution in [0.25, 0.3) is 0 Å². The first-order valence-electron chi connectivity index (χ1n) is 5.63. The van der Waals surface area contributed by atoms with E-state index in [-0.39, 0.29) is 10.9 Å². The van der Waals surface area contributed by atoms with Crippen molar-refractivity contribution in [3.05, 3.63) is 29.1 Å². The zero-order chi connectivity index (χ0) is 13.9. The Bertz CT molecular complexity index is 508. The molecule has 1 rings (SSSR count). The molecule has 0 spiro atoms. The number of hydrogen-bond acceptors (Lipinski definition) is 2. The number of benzene rings is 1. The van der Waals surface area contributed by atoms with Crippen molar-refractivity contribution in [3.63, 3.8) is 0 Å². The van der Waals surface area contributed by atoms with Gasteiger partial charge in [-0.2, -0.15) is 0 Å². The van der Waals surface area contributed by atoms with Gasteiger partial charge in [0.15, 0.2) is 0 Å². The summed E-state index contributed by atoms with van der Waals surface area (Å²) in [6.07, 6.45) is 0.693. The number of halogens is 2. The highest BCUT2D eigenvalue weighted by atomic mass is 79.9. The maximum atomic E-state index is 13.2. The molecular weight excluding hydrogens is 321 g/mol. The summed E-state index contributed by atoms with van der Waals surface area (Å²) in [5, 5.41) is 0.720. The Kier molecular flexibility index (Phi) is 5.31. The monoisotopic (exact) mass is 337 g/mol. The molecule has 0 saturated carbocycles. The fourth-order valence-corrected chi connectivity index (χ4v) is 4.29. The van der Waals surface area contributed by atoms with Gasteiger partial charge in [-0.25, -0.2) is 17.5 Å². The van der Waals surface area contributed by atoms with Gasteiger partial charge in [-0.15, -0.1) is 0 Å². The molecular formula is C12H17BrFNO2S. The minimum Gasteiger partial charge on any atom is -0.208 e. The third-order valence-corrected chi connectivity index (χ3v) is 4.94. The lowest BCUT2D eigenvalue weighted by Crippen LogP contribution is -2.33. The molecule has 0 aliphatic carbocycles. The normalized spacial score (nSPS) is 13.6. The molecule has 1 aromatic rings. The molecule has 1 aromatic carbocycles. The van der Waals surface area contributed by atoms with E-state index in [1.165, 1.54) is 12.1 Å². The molecule has 0 bridgehead atoms. The van der Waals surface area contributed by atoms with Crippen LogP contribution in [0.2, 0.25) is 0 Å². The molecule has 18 heavy (non-hydrogen) atoms. The molecule has 0 radical (unpaired) electrons. The molecule has 3 nitrogen and oxygen atoms in total. The Morgan fingerprint density at radius 1 is 1.33 bits per heavy atom.